The fourth-order valence-corrected chi connectivity index (χ4v) is 11.3. The van der Waals surface area contributed by atoms with Crippen LogP contribution in [0.3, 0.4) is 0 Å². The number of hydrogen-bond acceptors (Lipinski definition) is 10. The van der Waals surface area contributed by atoms with E-state index >= 15 is 0 Å². The molecule has 7 rings (SSSR count). The Bertz CT molecular complexity index is 1200. The summed E-state index contributed by atoms with van der Waals surface area (Å²) in [4.78, 5) is 27.3. The molecule has 11 heteroatoms. The number of ketones is 1. The van der Waals surface area contributed by atoms with Gasteiger partial charge in [0, 0.05) is 50.1 Å². The van der Waals surface area contributed by atoms with Crippen molar-refractivity contribution >= 4 is 11.8 Å². The highest BCUT2D eigenvalue weighted by atomic mass is 16.7. The van der Waals surface area contributed by atoms with E-state index in [4.69, 9.17) is 24.7 Å². The van der Waals surface area contributed by atoms with Gasteiger partial charge >= 0.3 is 5.97 Å². The van der Waals surface area contributed by atoms with Crippen LogP contribution in [0.2, 0.25) is 0 Å². The third-order valence-corrected chi connectivity index (χ3v) is 13.8. The second kappa shape index (κ2) is 15.3. The fraction of sp³-hybridized carbons (Fsp3) is 0.949. The van der Waals surface area contributed by atoms with Gasteiger partial charge in [-0.2, -0.15) is 0 Å². The summed E-state index contributed by atoms with van der Waals surface area (Å²) < 4.78 is 25.7. The van der Waals surface area contributed by atoms with Crippen LogP contribution in [-0.2, 0) is 28.5 Å². The van der Waals surface area contributed by atoms with Crippen molar-refractivity contribution in [2.75, 3.05) is 13.1 Å². The van der Waals surface area contributed by atoms with Gasteiger partial charge in [-0.1, -0.05) is 26.2 Å². The number of nitrogens with one attached hydrogen (secondary N) is 2. The van der Waals surface area contributed by atoms with Crippen LogP contribution < -0.4 is 21.7 Å². The molecule has 50 heavy (non-hydrogen) atoms. The molecule has 6 aliphatic heterocycles. The van der Waals surface area contributed by atoms with Crippen molar-refractivity contribution in [2.24, 2.45) is 35.3 Å². The zero-order chi connectivity index (χ0) is 35.2. The predicted octanol–water partition coefficient (Wildman–Crippen LogP) is 2.66. The van der Waals surface area contributed by atoms with Crippen molar-refractivity contribution in [2.45, 2.75) is 190 Å². The summed E-state index contributed by atoms with van der Waals surface area (Å²) >= 11 is 0. The summed E-state index contributed by atoms with van der Waals surface area (Å²) in [5.41, 5.74) is 4.97. The highest BCUT2D eigenvalue weighted by Crippen LogP contribution is 2.53. The lowest BCUT2D eigenvalue weighted by Crippen LogP contribution is -2.95. The van der Waals surface area contributed by atoms with Crippen molar-refractivity contribution in [1.82, 2.24) is 10.6 Å². The van der Waals surface area contributed by atoms with Gasteiger partial charge in [-0.25, -0.2) is 4.79 Å². The third kappa shape index (κ3) is 7.59. The number of aliphatic hydroxyl groups is 1. The van der Waals surface area contributed by atoms with Crippen LogP contribution in [0.15, 0.2) is 0 Å². The minimum Gasteiger partial charge on any atom is -0.457 e. The molecule has 15 atom stereocenters. The van der Waals surface area contributed by atoms with Crippen LogP contribution in [0.1, 0.15) is 124 Å². The quantitative estimate of drug-likeness (QED) is 0.137. The minimum absolute atomic E-state index is 0.00292. The Balaban J connectivity index is 0.964. The highest BCUT2D eigenvalue weighted by molar-refractivity contribution is 5.84. The zero-order valence-electron chi connectivity index (χ0n) is 31.2. The lowest BCUT2D eigenvalue weighted by Gasteiger charge is -2.57. The largest absolute Gasteiger partial charge is 0.457 e. The number of carbonyl (C=O) groups excluding carboxylic acids is 2. The molecule has 0 aromatic heterocycles. The molecular formula is C39H67N4O7+. The number of fused-ring (bicyclic) bond motifs is 4. The van der Waals surface area contributed by atoms with Crippen LogP contribution in [0.25, 0.3) is 0 Å². The highest BCUT2D eigenvalue weighted by Gasteiger charge is 2.66. The van der Waals surface area contributed by atoms with Crippen molar-refractivity contribution in [1.29, 1.82) is 0 Å². The summed E-state index contributed by atoms with van der Waals surface area (Å²) in [5.74, 6) is 0.00582. The van der Waals surface area contributed by atoms with E-state index < -0.39 is 29.3 Å². The molecule has 15 unspecified atom stereocenters. The Morgan fingerprint density at radius 3 is 2.70 bits per heavy atom. The Hall–Kier alpha value is -1.18. The first-order chi connectivity index (χ1) is 24.0. The Kier molecular flexibility index (Phi) is 11.4. The molecule has 7 aliphatic rings. The van der Waals surface area contributed by atoms with Crippen LogP contribution in [0, 0.1) is 29.6 Å². The van der Waals surface area contributed by atoms with E-state index in [2.05, 4.69) is 22.9 Å². The Morgan fingerprint density at radius 1 is 1.04 bits per heavy atom. The molecule has 6 saturated heterocycles. The van der Waals surface area contributed by atoms with E-state index in [1.807, 2.05) is 20.8 Å². The number of unbranched alkanes of at least 4 members (excludes halogenated alkanes) is 2. The number of rotatable bonds is 9. The molecule has 7 N–H and O–H groups in total. The van der Waals surface area contributed by atoms with E-state index in [0.29, 0.717) is 43.3 Å². The number of esters is 1. The zero-order valence-corrected chi connectivity index (χ0v) is 31.2. The first-order valence-corrected chi connectivity index (χ1v) is 20.5. The van der Waals surface area contributed by atoms with Gasteiger partial charge in [-0.05, 0) is 84.0 Å². The monoisotopic (exact) mass is 704 g/mol. The van der Waals surface area contributed by atoms with Crippen molar-refractivity contribution in [3.63, 3.8) is 0 Å². The molecule has 0 aromatic rings. The van der Waals surface area contributed by atoms with Gasteiger partial charge in [0.2, 0.25) is 0 Å². The third-order valence-electron chi connectivity index (χ3n) is 13.8. The second-order valence-electron chi connectivity index (χ2n) is 17.8. The molecule has 284 valence electrons. The SMILES string of the molecule is CCCCCNC1CC(C2CC(CCC3OC34CCCCC3C5C(CC6OC(C)CC(=O)C6C5O)OC(C)(C)C3OC4=O)CC(N)N2)CC[NH2+]1. The molecule has 6 heterocycles. The summed E-state index contributed by atoms with van der Waals surface area (Å²) in [6.07, 6.45) is 12.4. The van der Waals surface area contributed by atoms with Crippen molar-refractivity contribution < 1.29 is 39.0 Å². The Labute approximate surface area is 299 Å². The number of quaternary nitrogens is 1. The number of aliphatic hydroxyl groups excluding tert-OH is 1. The Morgan fingerprint density at radius 2 is 1.88 bits per heavy atom. The molecule has 7 fully saturated rings. The lowest BCUT2D eigenvalue weighted by molar-refractivity contribution is -0.705. The summed E-state index contributed by atoms with van der Waals surface area (Å²) in [6, 6.07) is 0.430. The number of Topliss-reactive ketones (excluding diaryl/α,β-unsaturated/α-hetero) is 1. The molecule has 1 aliphatic carbocycles. The smallest absolute Gasteiger partial charge is 0.341 e. The topological polar surface area (TPSA) is 161 Å². The van der Waals surface area contributed by atoms with E-state index in [1.165, 1.54) is 32.1 Å². The molecule has 1 saturated carbocycles. The normalized spacial score (nSPS) is 47.6. The molecular weight excluding hydrogens is 636 g/mol. The van der Waals surface area contributed by atoms with E-state index in [-0.39, 0.29) is 54.2 Å². The van der Waals surface area contributed by atoms with Gasteiger partial charge in [0.15, 0.2) is 5.60 Å². The second-order valence-corrected chi connectivity index (χ2v) is 17.8. The molecule has 0 amide bonds. The molecule has 11 nitrogen and oxygen atoms in total. The summed E-state index contributed by atoms with van der Waals surface area (Å²) in [5, 5.41) is 21.8. The number of piperidine rings is 2. The standard InChI is InChI=1S/C39H66N4O7/c1-5-6-9-15-41-32-20-24(13-16-42-32)26-18-23(19-31(40)43-26)11-12-30-39(50-30)14-8-7-10-25-33-29(49-38(3,4)36(25)48-37(39)46)21-28-34(35(33)45)27(44)17-22(2)47-28/h22-26,28-36,41-43,45H,5-21,40H2,1-4H3/p+1. The van der Waals surface area contributed by atoms with Crippen LogP contribution in [0.5, 0.6) is 0 Å². The van der Waals surface area contributed by atoms with Gasteiger partial charge in [-0.15, -0.1) is 0 Å². The fourth-order valence-electron chi connectivity index (χ4n) is 11.3. The maximum atomic E-state index is 14.1. The maximum Gasteiger partial charge on any atom is 0.341 e. The van der Waals surface area contributed by atoms with E-state index in [9.17, 15) is 14.7 Å². The molecule has 0 aromatic carbocycles. The average molecular weight is 704 g/mol. The maximum absolute atomic E-state index is 14.1. The van der Waals surface area contributed by atoms with Crippen LogP contribution in [0.4, 0.5) is 0 Å². The van der Waals surface area contributed by atoms with Gasteiger partial charge in [0.1, 0.15) is 23.7 Å². The number of ether oxygens (including phenoxy) is 4. The number of nitrogens with two attached hydrogens (primary N) is 2. The van der Waals surface area contributed by atoms with Crippen LogP contribution in [-0.4, -0.2) is 96.1 Å². The van der Waals surface area contributed by atoms with Crippen LogP contribution >= 0.6 is 0 Å². The number of hydrogen-bond donors (Lipinski definition) is 5. The first-order valence-electron chi connectivity index (χ1n) is 20.5. The predicted molar refractivity (Wildman–Crippen MR) is 188 cm³/mol. The average Bonchev–Trinajstić information content (AvgIpc) is 3.77. The van der Waals surface area contributed by atoms with Gasteiger partial charge in [0.25, 0.3) is 0 Å². The van der Waals surface area contributed by atoms with E-state index in [1.54, 1.807) is 0 Å². The van der Waals surface area contributed by atoms with Crippen molar-refractivity contribution in [3.05, 3.63) is 0 Å². The lowest BCUT2D eigenvalue weighted by atomic mass is 9.62. The van der Waals surface area contributed by atoms with Gasteiger partial charge in [0.05, 0.1) is 49.1 Å². The first kappa shape index (κ1) is 37.1. The van der Waals surface area contributed by atoms with E-state index in [0.717, 1.165) is 58.0 Å². The molecule has 0 bridgehead atoms. The number of epoxide rings is 1. The van der Waals surface area contributed by atoms with Crippen molar-refractivity contribution in [3.8, 4) is 0 Å². The van der Waals surface area contributed by atoms with Gasteiger partial charge in [-0.3, -0.25) is 15.4 Å². The molecule has 1 spiro atoms. The number of carbonyl (C=O) groups is 2. The minimum atomic E-state index is -0.897. The van der Waals surface area contributed by atoms with Gasteiger partial charge < -0.3 is 35.1 Å². The molecule has 0 radical (unpaired) electrons. The summed E-state index contributed by atoms with van der Waals surface area (Å²) in [7, 11) is 0. The summed E-state index contributed by atoms with van der Waals surface area (Å²) in [6.45, 7) is 10.4.